The molecular formula is C18H27ClFIN4. The van der Waals surface area contributed by atoms with Crippen LogP contribution in [-0.4, -0.2) is 49.6 Å². The van der Waals surface area contributed by atoms with E-state index in [-0.39, 0.29) is 29.8 Å². The second-order valence-electron chi connectivity index (χ2n) is 6.67. The number of hydrogen-bond acceptors (Lipinski definition) is 2. The lowest BCUT2D eigenvalue weighted by atomic mass is 10.1. The van der Waals surface area contributed by atoms with Gasteiger partial charge in [0.2, 0.25) is 0 Å². The molecule has 0 radical (unpaired) electrons. The molecular weight excluding hydrogens is 454 g/mol. The fourth-order valence-electron chi connectivity index (χ4n) is 3.28. The minimum Gasteiger partial charge on any atom is -0.356 e. The van der Waals surface area contributed by atoms with Crippen LogP contribution in [0.5, 0.6) is 0 Å². The summed E-state index contributed by atoms with van der Waals surface area (Å²) in [5, 5.41) is 7.32. The molecule has 2 aliphatic rings. The fourth-order valence-corrected chi connectivity index (χ4v) is 3.54. The van der Waals surface area contributed by atoms with Gasteiger partial charge in [-0.05, 0) is 49.8 Å². The average molecular weight is 481 g/mol. The molecule has 1 saturated carbocycles. The van der Waals surface area contributed by atoms with Gasteiger partial charge in [-0.15, -0.1) is 24.0 Å². The van der Waals surface area contributed by atoms with Gasteiger partial charge in [-0.2, -0.15) is 0 Å². The molecule has 1 aromatic carbocycles. The molecule has 1 aromatic rings. The summed E-state index contributed by atoms with van der Waals surface area (Å²) in [5.74, 6) is 0.532. The maximum absolute atomic E-state index is 13.1. The van der Waals surface area contributed by atoms with Crippen LogP contribution in [0.15, 0.2) is 23.2 Å². The monoisotopic (exact) mass is 480 g/mol. The van der Waals surface area contributed by atoms with Crippen molar-refractivity contribution in [3.05, 3.63) is 34.6 Å². The molecule has 0 amide bonds. The molecule has 1 heterocycles. The average Bonchev–Trinajstić information content (AvgIpc) is 3.41. The molecule has 4 nitrogen and oxygen atoms in total. The third-order valence-corrected chi connectivity index (χ3v) is 5.21. The first-order chi connectivity index (χ1) is 11.7. The molecule has 0 bridgehead atoms. The van der Waals surface area contributed by atoms with Crippen LogP contribution in [0.2, 0.25) is 5.02 Å². The van der Waals surface area contributed by atoms with Crippen LogP contribution in [0.25, 0.3) is 0 Å². The van der Waals surface area contributed by atoms with Gasteiger partial charge in [-0.25, -0.2) is 4.39 Å². The second kappa shape index (κ2) is 9.92. The Morgan fingerprint density at radius 3 is 2.60 bits per heavy atom. The Labute approximate surface area is 171 Å². The third kappa shape index (κ3) is 6.25. The number of piperidine rings is 1. The minimum atomic E-state index is -0.299. The van der Waals surface area contributed by atoms with Gasteiger partial charge in [0, 0.05) is 43.8 Å². The summed E-state index contributed by atoms with van der Waals surface area (Å²) in [6, 6.07) is 5.90. The summed E-state index contributed by atoms with van der Waals surface area (Å²) >= 11 is 6.06. The number of hydrogen-bond donors (Lipinski definition) is 2. The van der Waals surface area contributed by atoms with E-state index in [1.54, 1.807) is 13.1 Å². The van der Waals surface area contributed by atoms with Crippen molar-refractivity contribution in [2.24, 2.45) is 4.99 Å². The number of halogens is 3. The van der Waals surface area contributed by atoms with E-state index < -0.39 is 0 Å². The molecule has 2 N–H and O–H groups in total. The van der Waals surface area contributed by atoms with E-state index in [0.717, 1.165) is 24.0 Å². The van der Waals surface area contributed by atoms with E-state index in [1.807, 2.05) is 0 Å². The van der Waals surface area contributed by atoms with Crippen molar-refractivity contribution < 1.29 is 4.39 Å². The first-order valence-electron chi connectivity index (χ1n) is 8.81. The number of likely N-dealkylation sites (tertiary alicyclic amines) is 1. The van der Waals surface area contributed by atoms with Gasteiger partial charge in [-0.3, -0.25) is 4.99 Å². The summed E-state index contributed by atoms with van der Waals surface area (Å²) in [6.45, 7) is 3.08. The zero-order chi connectivity index (χ0) is 16.9. The van der Waals surface area contributed by atoms with Crippen LogP contribution in [0.3, 0.4) is 0 Å². The van der Waals surface area contributed by atoms with Crippen LogP contribution in [-0.2, 0) is 6.42 Å². The maximum atomic E-state index is 13.1. The maximum Gasteiger partial charge on any atom is 0.191 e. The van der Waals surface area contributed by atoms with E-state index in [1.165, 1.54) is 50.9 Å². The number of benzene rings is 1. The Kier molecular flexibility index (Phi) is 8.22. The summed E-state index contributed by atoms with van der Waals surface area (Å²) < 4.78 is 13.1. The van der Waals surface area contributed by atoms with Crippen LogP contribution in [0.1, 0.15) is 31.2 Å². The molecule has 0 atom stereocenters. The molecule has 25 heavy (non-hydrogen) atoms. The Morgan fingerprint density at radius 2 is 2.00 bits per heavy atom. The van der Waals surface area contributed by atoms with Crippen LogP contribution >= 0.6 is 35.6 Å². The number of aliphatic imine (C=N–C) groups is 1. The van der Waals surface area contributed by atoms with Gasteiger partial charge >= 0.3 is 0 Å². The standard InChI is InChI=1S/C18H26ClFN4.HI/c1-21-18(22-9-6-13-2-3-14(20)12-17(13)19)23-15-7-10-24(11-8-15)16-4-5-16;/h2-3,12,15-16H,4-11H2,1H3,(H2,21,22,23);1H. The van der Waals surface area contributed by atoms with Crippen molar-refractivity contribution in [2.75, 3.05) is 26.7 Å². The van der Waals surface area contributed by atoms with Crippen molar-refractivity contribution in [1.29, 1.82) is 0 Å². The summed E-state index contributed by atoms with van der Waals surface area (Å²) in [4.78, 5) is 6.92. The molecule has 1 saturated heterocycles. The summed E-state index contributed by atoms with van der Waals surface area (Å²) in [7, 11) is 1.79. The molecule has 0 aromatic heterocycles. The molecule has 1 aliphatic heterocycles. The molecule has 3 rings (SSSR count). The smallest absolute Gasteiger partial charge is 0.191 e. The molecule has 0 spiro atoms. The largest absolute Gasteiger partial charge is 0.356 e. The zero-order valence-corrected chi connectivity index (χ0v) is 17.7. The topological polar surface area (TPSA) is 39.7 Å². The minimum absolute atomic E-state index is 0. The van der Waals surface area contributed by atoms with Crippen molar-refractivity contribution in [1.82, 2.24) is 15.5 Å². The predicted molar refractivity (Wildman–Crippen MR) is 113 cm³/mol. The highest BCUT2D eigenvalue weighted by molar-refractivity contribution is 14.0. The highest BCUT2D eigenvalue weighted by Gasteiger charge is 2.31. The normalized spacial score (nSPS) is 19.4. The molecule has 2 fully saturated rings. The highest BCUT2D eigenvalue weighted by Crippen LogP contribution is 2.29. The number of nitrogens with zero attached hydrogens (tertiary/aromatic N) is 2. The van der Waals surface area contributed by atoms with Crippen molar-refractivity contribution in [2.45, 2.75) is 44.2 Å². The molecule has 140 valence electrons. The Balaban J connectivity index is 0.00000225. The van der Waals surface area contributed by atoms with Gasteiger partial charge in [0.1, 0.15) is 5.82 Å². The van der Waals surface area contributed by atoms with Crippen LogP contribution in [0.4, 0.5) is 4.39 Å². The third-order valence-electron chi connectivity index (χ3n) is 4.86. The molecule has 0 unspecified atom stereocenters. The SMILES string of the molecule is CN=C(NCCc1ccc(F)cc1Cl)NC1CCN(C2CC2)CC1.I. The Morgan fingerprint density at radius 1 is 1.28 bits per heavy atom. The zero-order valence-electron chi connectivity index (χ0n) is 14.6. The number of nitrogens with one attached hydrogen (secondary N) is 2. The van der Waals surface area contributed by atoms with Crippen molar-refractivity contribution in [3.8, 4) is 0 Å². The second-order valence-corrected chi connectivity index (χ2v) is 7.08. The number of guanidine groups is 1. The first-order valence-corrected chi connectivity index (χ1v) is 9.18. The van der Waals surface area contributed by atoms with Crippen LogP contribution < -0.4 is 10.6 Å². The lowest BCUT2D eigenvalue weighted by Gasteiger charge is -2.33. The summed E-state index contributed by atoms with van der Waals surface area (Å²) in [6.07, 6.45) is 5.84. The van der Waals surface area contributed by atoms with Crippen molar-refractivity contribution >= 4 is 41.5 Å². The van der Waals surface area contributed by atoms with Gasteiger partial charge in [0.25, 0.3) is 0 Å². The van der Waals surface area contributed by atoms with E-state index in [9.17, 15) is 4.39 Å². The van der Waals surface area contributed by atoms with Gasteiger partial charge < -0.3 is 15.5 Å². The predicted octanol–water partition coefficient (Wildman–Crippen LogP) is 3.43. The van der Waals surface area contributed by atoms with E-state index in [4.69, 9.17) is 11.6 Å². The lowest BCUT2D eigenvalue weighted by molar-refractivity contribution is 0.197. The van der Waals surface area contributed by atoms with Crippen molar-refractivity contribution in [3.63, 3.8) is 0 Å². The van der Waals surface area contributed by atoms with Gasteiger partial charge in [0.15, 0.2) is 5.96 Å². The molecule has 7 heteroatoms. The lowest BCUT2D eigenvalue weighted by Crippen LogP contribution is -2.49. The van der Waals surface area contributed by atoms with Gasteiger partial charge in [-0.1, -0.05) is 17.7 Å². The van der Waals surface area contributed by atoms with E-state index in [0.29, 0.717) is 17.6 Å². The molecule has 1 aliphatic carbocycles. The quantitative estimate of drug-likeness (QED) is 0.385. The van der Waals surface area contributed by atoms with Gasteiger partial charge in [0.05, 0.1) is 0 Å². The fraction of sp³-hybridized carbons (Fsp3) is 0.611. The number of rotatable bonds is 5. The van der Waals surface area contributed by atoms with Crippen LogP contribution in [0, 0.1) is 5.82 Å². The van der Waals surface area contributed by atoms with E-state index in [2.05, 4.69) is 20.5 Å². The Bertz CT molecular complexity index is 586. The summed E-state index contributed by atoms with van der Waals surface area (Å²) in [5.41, 5.74) is 0.943. The Hall–Kier alpha value is -0.600. The first kappa shape index (κ1) is 20.7. The highest BCUT2D eigenvalue weighted by atomic mass is 127. The van der Waals surface area contributed by atoms with E-state index >= 15 is 0 Å².